The van der Waals surface area contributed by atoms with Crippen molar-refractivity contribution < 1.29 is 22.9 Å². The number of hydrogen-bond acceptors (Lipinski definition) is 4. The van der Waals surface area contributed by atoms with E-state index in [9.17, 15) is 17.8 Å². The Bertz CT molecular complexity index is 841. The molecule has 2 aromatic rings. The number of anilines is 1. The summed E-state index contributed by atoms with van der Waals surface area (Å²) >= 11 is 0. The monoisotopic (exact) mass is 330 g/mol. The molecule has 0 aromatic heterocycles. The van der Waals surface area contributed by atoms with Gasteiger partial charge in [0, 0.05) is 52.1 Å². The molecule has 0 fully saturated rings. The zero-order valence-corrected chi connectivity index (χ0v) is 14.9. The molecule has 111 valence electrons. The Balaban J connectivity index is 0.00000242. The molecule has 1 amide bonds. The van der Waals surface area contributed by atoms with Crippen LogP contribution in [-0.4, -0.2) is 53.5 Å². The van der Waals surface area contributed by atoms with E-state index >= 15 is 0 Å². The van der Waals surface area contributed by atoms with Crippen molar-refractivity contribution in [1.82, 2.24) is 0 Å². The van der Waals surface area contributed by atoms with Crippen LogP contribution in [-0.2, 0) is 14.9 Å². The molecule has 0 aliphatic carbocycles. The summed E-state index contributed by atoms with van der Waals surface area (Å²) in [5, 5.41) is 12.4. The molecule has 0 spiro atoms. The van der Waals surface area contributed by atoms with Crippen LogP contribution in [0.15, 0.2) is 53.1 Å². The molecule has 2 aromatic carbocycles. The van der Waals surface area contributed by atoms with E-state index in [-0.39, 0.29) is 40.2 Å². The average molecular weight is 330 g/mol. The second kappa shape index (κ2) is 7.26. The summed E-state index contributed by atoms with van der Waals surface area (Å²) in [6.07, 6.45) is 1.01. The first-order valence-corrected chi connectivity index (χ1v) is 7.40. The van der Waals surface area contributed by atoms with Crippen LogP contribution >= 0.6 is 0 Å². The molecule has 8 heteroatoms. The molecule has 0 saturated heterocycles. The number of benzene rings is 2. The molecular weight excluding hydrogens is 317 g/mol. The number of carbonyl (C=O) groups is 1. The Hall–Kier alpha value is -1.38. The van der Waals surface area contributed by atoms with E-state index in [2.05, 4.69) is 5.32 Å². The third-order valence-corrected chi connectivity index (χ3v) is 3.67. The van der Waals surface area contributed by atoms with Crippen LogP contribution in [0.5, 0.6) is 0 Å². The van der Waals surface area contributed by atoms with Crippen molar-refractivity contribution >= 4 is 62.0 Å². The summed E-state index contributed by atoms with van der Waals surface area (Å²) in [7, 11) is -4.36. The summed E-state index contributed by atoms with van der Waals surface area (Å²) < 4.78 is 31.9. The molecule has 22 heavy (non-hydrogen) atoms. The summed E-state index contributed by atoms with van der Waals surface area (Å²) in [6.45, 7) is 1.36. The fraction of sp³-hybridized carbons (Fsp3) is 0.0714. The fourth-order valence-electron chi connectivity index (χ4n) is 1.96. The van der Waals surface area contributed by atoms with Crippen LogP contribution in [0.1, 0.15) is 6.92 Å². The maximum atomic E-state index is 11.6. The van der Waals surface area contributed by atoms with Gasteiger partial charge in [-0.2, -0.15) is 8.42 Å². The summed E-state index contributed by atoms with van der Waals surface area (Å²) in [5.74, 6) is -0.689. The number of aliphatic hydroxyl groups is 1. The molecule has 0 atom stereocenters. The van der Waals surface area contributed by atoms with Gasteiger partial charge in [0.2, 0.25) is 0 Å². The van der Waals surface area contributed by atoms with Crippen LogP contribution in [0.25, 0.3) is 10.8 Å². The third-order valence-electron chi connectivity index (χ3n) is 2.76. The first-order chi connectivity index (χ1) is 9.79. The maximum Gasteiger partial charge on any atom is 0.295 e. The molecular formula is C14H13NNaO5S. The van der Waals surface area contributed by atoms with Crippen molar-refractivity contribution in [3.63, 3.8) is 0 Å². The predicted octanol–water partition coefficient (Wildman–Crippen LogP) is 2.11. The molecule has 0 unspecified atom stereocenters. The Morgan fingerprint density at radius 2 is 1.73 bits per heavy atom. The second-order valence-corrected chi connectivity index (χ2v) is 5.80. The van der Waals surface area contributed by atoms with Gasteiger partial charge in [-0.3, -0.25) is 9.35 Å². The minimum absolute atomic E-state index is 0. The molecule has 0 aliphatic heterocycles. The molecule has 0 aliphatic rings. The molecule has 0 saturated carbocycles. The van der Waals surface area contributed by atoms with Gasteiger partial charge in [0.05, 0.1) is 5.76 Å². The third kappa shape index (κ3) is 4.31. The van der Waals surface area contributed by atoms with Crippen LogP contribution in [0, 0.1) is 0 Å². The fourth-order valence-corrected chi connectivity index (χ4v) is 2.66. The van der Waals surface area contributed by atoms with Crippen molar-refractivity contribution in [3.05, 3.63) is 48.2 Å². The quantitative estimate of drug-likeness (QED) is 0.346. The van der Waals surface area contributed by atoms with Gasteiger partial charge in [-0.1, -0.05) is 24.3 Å². The Morgan fingerprint density at radius 3 is 2.27 bits per heavy atom. The van der Waals surface area contributed by atoms with Crippen molar-refractivity contribution in [2.45, 2.75) is 11.8 Å². The first kappa shape index (κ1) is 18.7. The van der Waals surface area contributed by atoms with E-state index in [1.807, 2.05) is 0 Å². The van der Waals surface area contributed by atoms with Crippen LogP contribution in [0.2, 0.25) is 0 Å². The Morgan fingerprint density at radius 1 is 1.14 bits per heavy atom. The number of rotatable bonds is 3. The topological polar surface area (TPSA) is 104 Å². The van der Waals surface area contributed by atoms with Gasteiger partial charge in [0.15, 0.2) is 0 Å². The normalized spacial score (nSPS) is 11.8. The molecule has 3 N–H and O–H groups in total. The molecule has 2 rings (SSSR count). The Labute approximate surface area is 149 Å². The minimum atomic E-state index is -4.36. The zero-order valence-electron chi connectivity index (χ0n) is 12.1. The van der Waals surface area contributed by atoms with Crippen molar-refractivity contribution in [1.29, 1.82) is 0 Å². The number of amides is 1. The molecule has 0 heterocycles. The Kier molecular flexibility index (Phi) is 6.16. The van der Waals surface area contributed by atoms with Gasteiger partial charge < -0.3 is 10.4 Å². The summed E-state index contributed by atoms with van der Waals surface area (Å²) in [4.78, 5) is 11.4. The SMILES string of the molecule is CC(O)=CC(=O)Nc1ccc(S(=O)(=O)O)c2ccccc12.[Na]. The van der Waals surface area contributed by atoms with E-state index in [1.54, 1.807) is 18.2 Å². The van der Waals surface area contributed by atoms with E-state index in [0.717, 1.165) is 6.08 Å². The van der Waals surface area contributed by atoms with Crippen molar-refractivity contribution in [3.8, 4) is 0 Å². The number of hydrogen-bond donors (Lipinski definition) is 3. The smallest absolute Gasteiger partial charge is 0.295 e. The van der Waals surface area contributed by atoms with Crippen molar-refractivity contribution in [2.75, 3.05) is 5.32 Å². The first-order valence-electron chi connectivity index (χ1n) is 5.96. The van der Waals surface area contributed by atoms with E-state index in [4.69, 9.17) is 5.11 Å². The largest absolute Gasteiger partial charge is 0.512 e. The minimum Gasteiger partial charge on any atom is -0.512 e. The standard InChI is InChI=1S/C14H13NO5S.Na/c1-9(16)8-14(17)15-12-6-7-13(21(18,19)20)11-5-3-2-4-10(11)12;/h2-8,16H,1H3,(H,15,17)(H,18,19,20);. The average Bonchev–Trinajstić information content (AvgIpc) is 2.36. The van der Waals surface area contributed by atoms with Gasteiger partial charge in [0.1, 0.15) is 4.90 Å². The van der Waals surface area contributed by atoms with Crippen molar-refractivity contribution in [2.24, 2.45) is 0 Å². The van der Waals surface area contributed by atoms with Crippen LogP contribution in [0.4, 0.5) is 5.69 Å². The molecule has 1 radical (unpaired) electrons. The summed E-state index contributed by atoms with van der Waals surface area (Å²) in [6, 6.07) is 9.04. The number of fused-ring (bicyclic) bond motifs is 1. The predicted molar refractivity (Wildman–Crippen MR) is 84.5 cm³/mol. The number of nitrogens with one attached hydrogen (secondary N) is 1. The number of aliphatic hydroxyl groups excluding tert-OH is 1. The molecule has 6 nitrogen and oxygen atoms in total. The van der Waals surface area contributed by atoms with E-state index in [1.165, 1.54) is 25.1 Å². The van der Waals surface area contributed by atoms with Crippen LogP contribution < -0.4 is 5.32 Å². The zero-order chi connectivity index (χ0) is 15.6. The van der Waals surface area contributed by atoms with Gasteiger partial charge in [0.25, 0.3) is 16.0 Å². The van der Waals surface area contributed by atoms with E-state index in [0.29, 0.717) is 16.5 Å². The number of allylic oxidation sites excluding steroid dienone is 1. The maximum absolute atomic E-state index is 11.6. The van der Waals surface area contributed by atoms with Gasteiger partial charge in [-0.05, 0) is 19.1 Å². The van der Waals surface area contributed by atoms with E-state index < -0.39 is 16.0 Å². The summed E-state index contributed by atoms with van der Waals surface area (Å²) in [5.41, 5.74) is 0.375. The van der Waals surface area contributed by atoms with Gasteiger partial charge in [-0.15, -0.1) is 0 Å². The van der Waals surface area contributed by atoms with Gasteiger partial charge >= 0.3 is 0 Å². The second-order valence-electron chi connectivity index (χ2n) is 4.41. The number of carbonyl (C=O) groups excluding carboxylic acids is 1. The van der Waals surface area contributed by atoms with Gasteiger partial charge in [-0.25, -0.2) is 0 Å². The van der Waals surface area contributed by atoms with Crippen LogP contribution in [0.3, 0.4) is 0 Å². The molecule has 0 bridgehead atoms.